The molecule has 0 unspecified atom stereocenters. The number of halogens is 2. The average Bonchev–Trinajstić information content (AvgIpc) is 2.90. The van der Waals surface area contributed by atoms with Gasteiger partial charge in [-0.3, -0.25) is 0 Å². The van der Waals surface area contributed by atoms with Crippen LogP contribution in [0.25, 0.3) is 11.0 Å². The number of rotatable bonds is 2. The molecule has 0 aliphatic heterocycles. The van der Waals surface area contributed by atoms with E-state index < -0.39 is 17.4 Å². The van der Waals surface area contributed by atoms with E-state index in [4.69, 9.17) is 10.5 Å². The maximum absolute atomic E-state index is 13.3. The van der Waals surface area contributed by atoms with E-state index in [-0.39, 0.29) is 6.61 Å². The number of para-hydroxylation sites is 1. The summed E-state index contributed by atoms with van der Waals surface area (Å²) in [5.74, 6) is 3.80. The van der Waals surface area contributed by atoms with Gasteiger partial charge in [0.1, 0.15) is 24.4 Å². The first-order chi connectivity index (χ1) is 10.6. The highest BCUT2D eigenvalue weighted by Gasteiger charge is 2.08. The first-order valence-corrected chi connectivity index (χ1v) is 6.30. The Balaban J connectivity index is 1.74. The van der Waals surface area contributed by atoms with Crippen molar-refractivity contribution < 1.29 is 13.5 Å². The smallest absolute Gasteiger partial charge is 0.191 e. The van der Waals surface area contributed by atoms with Gasteiger partial charge in [0.2, 0.25) is 0 Å². The second-order valence-corrected chi connectivity index (χ2v) is 4.35. The molecule has 0 fully saturated rings. The van der Waals surface area contributed by atoms with Crippen molar-refractivity contribution >= 4 is 16.9 Å². The van der Waals surface area contributed by atoms with E-state index in [2.05, 4.69) is 26.8 Å². The van der Waals surface area contributed by atoms with Crippen LogP contribution >= 0.6 is 0 Å². The Bertz CT molecular complexity index is 875. The predicted molar refractivity (Wildman–Crippen MR) is 77.0 cm³/mol. The zero-order valence-corrected chi connectivity index (χ0v) is 11.2. The third kappa shape index (κ3) is 2.67. The molecule has 22 heavy (non-hydrogen) atoms. The third-order valence-corrected chi connectivity index (χ3v) is 2.89. The Morgan fingerprint density at radius 2 is 2.00 bits per heavy atom. The van der Waals surface area contributed by atoms with Crippen molar-refractivity contribution in [3.05, 3.63) is 47.9 Å². The lowest BCUT2D eigenvalue weighted by Crippen LogP contribution is -1.99. The van der Waals surface area contributed by atoms with E-state index in [0.29, 0.717) is 22.5 Å². The van der Waals surface area contributed by atoms with Crippen LogP contribution < -0.4 is 10.5 Å². The number of hydrogen-bond donors (Lipinski definition) is 2. The van der Waals surface area contributed by atoms with Crippen LogP contribution in [0.15, 0.2) is 30.6 Å². The van der Waals surface area contributed by atoms with Gasteiger partial charge in [-0.25, -0.2) is 18.7 Å². The molecule has 0 amide bonds. The van der Waals surface area contributed by atoms with Crippen LogP contribution in [0.1, 0.15) is 5.69 Å². The van der Waals surface area contributed by atoms with E-state index >= 15 is 0 Å². The molecular formula is C15H10F2N4O. The highest BCUT2D eigenvalue weighted by Crippen LogP contribution is 2.20. The summed E-state index contributed by atoms with van der Waals surface area (Å²) in [7, 11) is 0. The van der Waals surface area contributed by atoms with Gasteiger partial charge in [0.25, 0.3) is 0 Å². The van der Waals surface area contributed by atoms with Gasteiger partial charge in [-0.1, -0.05) is 12.0 Å². The second kappa shape index (κ2) is 5.69. The molecule has 2 aromatic heterocycles. The van der Waals surface area contributed by atoms with E-state index in [1.807, 2.05) is 0 Å². The summed E-state index contributed by atoms with van der Waals surface area (Å²) >= 11 is 0. The molecule has 0 radical (unpaired) electrons. The summed E-state index contributed by atoms with van der Waals surface area (Å²) in [5, 5.41) is 0.660. The van der Waals surface area contributed by atoms with E-state index in [1.54, 1.807) is 6.07 Å². The summed E-state index contributed by atoms with van der Waals surface area (Å²) in [4.78, 5) is 10.8. The molecule has 2 heterocycles. The third-order valence-electron chi connectivity index (χ3n) is 2.89. The molecule has 0 aliphatic rings. The lowest BCUT2D eigenvalue weighted by atomic mass is 10.3. The lowest BCUT2D eigenvalue weighted by molar-refractivity contribution is 0.326. The molecule has 3 N–H and O–H groups in total. The van der Waals surface area contributed by atoms with Crippen molar-refractivity contribution in [2.45, 2.75) is 0 Å². The Kier molecular flexibility index (Phi) is 3.58. The number of benzene rings is 1. The summed E-state index contributed by atoms with van der Waals surface area (Å²) in [6.45, 7) is -0.158. The number of nitrogens with one attached hydrogen (secondary N) is 1. The van der Waals surface area contributed by atoms with Gasteiger partial charge >= 0.3 is 0 Å². The largest absolute Gasteiger partial charge is 0.475 e. The first-order valence-electron chi connectivity index (χ1n) is 6.30. The molecule has 7 heteroatoms. The van der Waals surface area contributed by atoms with Crippen LogP contribution in [0.3, 0.4) is 0 Å². The number of nitrogen functional groups attached to an aromatic ring is 1. The minimum absolute atomic E-state index is 0.158. The Morgan fingerprint density at radius 1 is 1.23 bits per heavy atom. The van der Waals surface area contributed by atoms with Crippen LogP contribution in [0, 0.1) is 23.5 Å². The second-order valence-electron chi connectivity index (χ2n) is 4.35. The van der Waals surface area contributed by atoms with Crippen molar-refractivity contribution in [2.75, 3.05) is 12.3 Å². The molecule has 5 nitrogen and oxygen atoms in total. The number of nitrogens with zero attached hydrogens (tertiary/aromatic N) is 2. The van der Waals surface area contributed by atoms with E-state index in [9.17, 15) is 8.78 Å². The molecule has 0 bridgehead atoms. The summed E-state index contributed by atoms with van der Waals surface area (Å²) in [6, 6.07) is 5.19. The van der Waals surface area contributed by atoms with Crippen LogP contribution in [0.4, 0.5) is 14.6 Å². The number of hydrogen-bond acceptors (Lipinski definition) is 4. The Labute approximate surface area is 124 Å². The summed E-state index contributed by atoms with van der Waals surface area (Å²) < 4.78 is 31.7. The SMILES string of the molecule is Nc1ncnc2[nH]c(C#CCOc3c(F)cccc3F)cc12. The number of fused-ring (bicyclic) bond motifs is 1. The van der Waals surface area contributed by atoms with Crippen molar-refractivity contribution in [3.8, 4) is 17.6 Å². The highest BCUT2D eigenvalue weighted by molar-refractivity contribution is 5.87. The molecule has 0 atom stereocenters. The number of ether oxygens (including phenoxy) is 1. The number of aromatic nitrogens is 3. The zero-order valence-electron chi connectivity index (χ0n) is 11.2. The predicted octanol–water partition coefficient (Wildman–Crippen LogP) is 2.25. The van der Waals surface area contributed by atoms with E-state index in [1.165, 1.54) is 12.4 Å². The standard InChI is InChI=1S/C15H10F2N4O/c16-11-4-1-5-12(17)13(11)22-6-2-3-9-7-10-14(18)19-8-20-15(10)21-9/h1,4-5,7-8H,6H2,(H3,18,19,20,21). The van der Waals surface area contributed by atoms with Gasteiger partial charge in [-0.2, -0.15) is 0 Å². The summed E-state index contributed by atoms with van der Waals surface area (Å²) in [5.41, 5.74) is 6.83. The van der Waals surface area contributed by atoms with Crippen LogP contribution in [-0.2, 0) is 0 Å². The number of H-pyrrole nitrogens is 1. The molecule has 3 rings (SSSR count). The molecule has 3 aromatic rings. The van der Waals surface area contributed by atoms with Gasteiger partial charge in [-0.05, 0) is 24.1 Å². The Hall–Kier alpha value is -3.14. The molecule has 0 aliphatic carbocycles. The maximum atomic E-state index is 13.3. The molecule has 0 spiro atoms. The number of nitrogens with two attached hydrogens (primary N) is 1. The van der Waals surface area contributed by atoms with Gasteiger partial charge in [0.05, 0.1) is 11.1 Å². The number of anilines is 1. The van der Waals surface area contributed by atoms with Gasteiger partial charge < -0.3 is 15.5 Å². The van der Waals surface area contributed by atoms with Crippen LogP contribution in [0.5, 0.6) is 5.75 Å². The highest BCUT2D eigenvalue weighted by atomic mass is 19.1. The van der Waals surface area contributed by atoms with Crippen molar-refractivity contribution in [1.29, 1.82) is 0 Å². The quantitative estimate of drug-likeness (QED) is 0.712. The first kappa shape index (κ1) is 13.8. The molecule has 1 aromatic carbocycles. The van der Waals surface area contributed by atoms with Crippen molar-refractivity contribution in [1.82, 2.24) is 15.0 Å². The summed E-state index contributed by atoms with van der Waals surface area (Å²) in [6.07, 6.45) is 1.34. The van der Waals surface area contributed by atoms with Crippen molar-refractivity contribution in [2.24, 2.45) is 0 Å². The van der Waals surface area contributed by atoms with Crippen molar-refractivity contribution in [3.63, 3.8) is 0 Å². The number of aromatic amines is 1. The fraction of sp³-hybridized carbons (Fsp3) is 0.0667. The van der Waals surface area contributed by atoms with E-state index in [0.717, 1.165) is 12.1 Å². The molecule has 0 saturated heterocycles. The average molecular weight is 300 g/mol. The normalized spacial score (nSPS) is 10.3. The minimum Gasteiger partial charge on any atom is -0.475 e. The van der Waals surface area contributed by atoms with Crippen LogP contribution in [-0.4, -0.2) is 21.6 Å². The fourth-order valence-corrected chi connectivity index (χ4v) is 1.89. The fourth-order valence-electron chi connectivity index (χ4n) is 1.89. The van der Waals surface area contributed by atoms with Gasteiger partial charge in [0.15, 0.2) is 17.4 Å². The van der Waals surface area contributed by atoms with Gasteiger partial charge in [-0.15, -0.1) is 0 Å². The topological polar surface area (TPSA) is 76.8 Å². The minimum atomic E-state index is -0.768. The molecule has 110 valence electrons. The van der Waals surface area contributed by atoms with Crippen LogP contribution in [0.2, 0.25) is 0 Å². The molecule has 0 saturated carbocycles. The van der Waals surface area contributed by atoms with Gasteiger partial charge in [0, 0.05) is 0 Å². The Morgan fingerprint density at radius 3 is 2.73 bits per heavy atom. The zero-order chi connectivity index (χ0) is 15.5. The maximum Gasteiger partial charge on any atom is 0.191 e. The monoisotopic (exact) mass is 300 g/mol. The lowest BCUT2D eigenvalue weighted by Gasteiger charge is -2.03. The molecular weight excluding hydrogens is 290 g/mol.